The van der Waals surface area contributed by atoms with Gasteiger partial charge in [-0.15, -0.1) is 0 Å². The van der Waals surface area contributed by atoms with Crippen LogP contribution in [0.2, 0.25) is 0 Å². The highest BCUT2D eigenvalue weighted by molar-refractivity contribution is 6.06. The molecule has 1 amide bonds. The molecular weight excluding hydrogens is 286 g/mol. The zero-order chi connectivity index (χ0) is 15.6. The van der Waals surface area contributed by atoms with Crippen molar-refractivity contribution in [2.75, 3.05) is 19.6 Å². The number of rotatable bonds is 2. The molecular formula is C19H23N3O. The van der Waals surface area contributed by atoms with E-state index in [-0.39, 0.29) is 5.91 Å². The Morgan fingerprint density at radius 3 is 2.65 bits per heavy atom. The molecule has 2 unspecified atom stereocenters. The Morgan fingerprint density at radius 1 is 1.13 bits per heavy atom. The van der Waals surface area contributed by atoms with Gasteiger partial charge in [-0.3, -0.25) is 4.79 Å². The maximum absolute atomic E-state index is 12.9. The normalized spacial score (nSPS) is 34.9. The van der Waals surface area contributed by atoms with E-state index in [0.29, 0.717) is 17.9 Å². The molecule has 120 valence electrons. The highest BCUT2D eigenvalue weighted by Crippen LogP contribution is 2.43. The molecule has 2 aromatic rings. The predicted molar refractivity (Wildman–Crippen MR) is 90.3 cm³/mol. The second-order valence-corrected chi connectivity index (χ2v) is 7.74. The van der Waals surface area contributed by atoms with E-state index in [9.17, 15) is 4.79 Å². The van der Waals surface area contributed by atoms with Crippen molar-refractivity contribution in [3.63, 3.8) is 0 Å². The lowest BCUT2D eigenvalue weighted by atomic mass is 9.65. The molecule has 1 N–H and O–H groups in total. The molecule has 4 heteroatoms. The first-order valence-corrected chi connectivity index (χ1v) is 8.76. The monoisotopic (exact) mass is 309 g/mol. The van der Waals surface area contributed by atoms with Crippen molar-refractivity contribution in [3.8, 4) is 0 Å². The number of carbonyl (C=O) groups excluding carboxylic acids is 1. The van der Waals surface area contributed by atoms with Crippen molar-refractivity contribution in [2.24, 2.45) is 24.8 Å². The number of fused-ring (bicyclic) bond motifs is 1. The summed E-state index contributed by atoms with van der Waals surface area (Å²) < 4.78 is 2.07. The summed E-state index contributed by atoms with van der Waals surface area (Å²) in [5.41, 5.74) is 1.94. The van der Waals surface area contributed by atoms with Crippen LogP contribution in [-0.4, -0.2) is 41.1 Å². The zero-order valence-corrected chi connectivity index (χ0v) is 13.5. The molecule has 4 nitrogen and oxygen atoms in total. The minimum atomic E-state index is 0.106. The van der Waals surface area contributed by atoms with Crippen molar-refractivity contribution in [1.82, 2.24) is 14.8 Å². The van der Waals surface area contributed by atoms with E-state index in [1.54, 1.807) is 0 Å². The lowest BCUT2D eigenvalue weighted by Crippen LogP contribution is -2.64. The molecule has 4 bridgehead atoms. The van der Waals surface area contributed by atoms with Crippen molar-refractivity contribution in [2.45, 2.75) is 18.9 Å². The molecule has 6 rings (SSSR count). The van der Waals surface area contributed by atoms with Gasteiger partial charge >= 0.3 is 0 Å². The van der Waals surface area contributed by atoms with Crippen LogP contribution in [0.1, 0.15) is 23.2 Å². The summed E-state index contributed by atoms with van der Waals surface area (Å²) in [5.74, 6) is 2.29. The third kappa shape index (κ3) is 2.04. The Hall–Kier alpha value is -1.81. The van der Waals surface area contributed by atoms with Gasteiger partial charge in [0.05, 0.1) is 0 Å². The topological polar surface area (TPSA) is 37.3 Å². The first-order valence-electron chi connectivity index (χ1n) is 8.76. The average molecular weight is 309 g/mol. The second kappa shape index (κ2) is 4.84. The number of carbonyl (C=O) groups is 1. The number of aromatic nitrogens is 1. The fourth-order valence-electron chi connectivity index (χ4n) is 5.37. The lowest BCUT2D eigenvalue weighted by molar-refractivity contribution is -0.0418. The number of hydrogen-bond donors (Lipinski definition) is 1. The van der Waals surface area contributed by atoms with Gasteiger partial charge in [0, 0.05) is 55.4 Å². The van der Waals surface area contributed by atoms with E-state index in [2.05, 4.69) is 20.9 Å². The average Bonchev–Trinajstić information content (AvgIpc) is 2.91. The Balaban J connectivity index is 1.43. The van der Waals surface area contributed by atoms with E-state index in [4.69, 9.17) is 0 Å². The van der Waals surface area contributed by atoms with Crippen LogP contribution in [0.4, 0.5) is 0 Å². The maximum atomic E-state index is 12.9. The molecule has 0 radical (unpaired) electrons. The Morgan fingerprint density at radius 2 is 1.91 bits per heavy atom. The van der Waals surface area contributed by atoms with Crippen LogP contribution in [0.15, 0.2) is 30.5 Å². The molecule has 3 saturated heterocycles. The predicted octanol–water partition coefficient (Wildman–Crippen LogP) is 2.25. The van der Waals surface area contributed by atoms with Crippen LogP contribution in [0.3, 0.4) is 0 Å². The van der Waals surface area contributed by atoms with E-state index >= 15 is 0 Å². The van der Waals surface area contributed by atoms with Gasteiger partial charge in [-0.1, -0.05) is 6.07 Å². The summed E-state index contributed by atoms with van der Waals surface area (Å²) >= 11 is 0. The molecule has 4 fully saturated rings. The quantitative estimate of drug-likeness (QED) is 0.924. The van der Waals surface area contributed by atoms with Crippen LogP contribution < -0.4 is 5.32 Å². The molecule has 23 heavy (non-hydrogen) atoms. The summed E-state index contributed by atoms with van der Waals surface area (Å²) in [4.78, 5) is 15.5. The summed E-state index contributed by atoms with van der Waals surface area (Å²) in [6.45, 7) is 3.64. The fourth-order valence-corrected chi connectivity index (χ4v) is 5.37. The van der Waals surface area contributed by atoms with Crippen molar-refractivity contribution in [1.29, 1.82) is 0 Å². The van der Waals surface area contributed by atoms with Crippen LogP contribution in [-0.2, 0) is 7.05 Å². The van der Waals surface area contributed by atoms with Crippen molar-refractivity contribution in [3.05, 3.63) is 36.0 Å². The molecule has 1 aromatic carbocycles. The first-order chi connectivity index (χ1) is 11.2. The van der Waals surface area contributed by atoms with Crippen LogP contribution >= 0.6 is 0 Å². The van der Waals surface area contributed by atoms with Gasteiger partial charge in [-0.2, -0.15) is 0 Å². The number of hydrogen-bond acceptors (Lipinski definition) is 2. The minimum Gasteiger partial charge on any atom is -0.351 e. The van der Waals surface area contributed by atoms with Gasteiger partial charge in [0.2, 0.25) is 0 Å². The van der Waals surface area contributed by atoms with Gasteiger partial charge in [-0.05, 0) is 48.8 Å². The number of piperidine rings is 3. The van der Waals surface area contributed by atoms with E-state index < -0.39 is 0 Å². The molecule has 4 heterocycles. The van der Waals surface area contributed by atoms with Crippen LogP contribution in [0, 0.1) is 17.8 Å². The summed E-state index contributed by atoms with van der Waals surface area (Å²) in [7, 11) is 2.02. The van der Waals surface area contributed by atoms with Gasteiger partial charge < -0.3 is 14.8 Å². The molecule has 2 atom stereocenters. The van der Waals surface area contributed by atoms with Crippen LogP contribution in [0.5, 0.6) is 0 Å². The molecule has 4 aliphatic rings. The number of nitrogens with one attached hydrogen (secondary N) is 1. The molecule has 0 spiro atoms. The number of benzene rings is 1. The fraction of sp³-hybridized carbons (Fsp3) is 0.526. The standard InChI is InChI=1S/C19H23N3O/c1-21-6-5-15-16(3-2-4-17(15)21)19(23)20-18-13-7-12-8-14(18)11-22(9-12)10-13/h2-6,12-14,18H,7-11H2,1H3,(H,20,23). The van der Waals surface area contributed by atoms with Gasteiger partial charge in [0.1, 0.15) is 0 Å². The minimum absolute atomic E-state index is 0.106. The molecule has 1 saturated carbocycles. The first kappa shape index (κ1) is 13.6. The van der Waals surface area contributed by atoms with Gasteiger partial charge in [-0.25, -0.2) is 0 Å². The Bertz CT molecular complexity index is 750. The number of nitrogens with zero attached hydrogens (tertiary/aromatic N) is 2. The summed E-state index contributed by atoms with van der Waals surface area (Å²) in [5, 5.41) is 4.46. The lowest BCUT2D eigenvalue weighted by Gasteiger charge is -2.55. The highest BCUT2D eigenvalue weighted by Gasteiger charge is 2.47. The Labute approximate surface area is 136 Å². The SMILES string of the molecule is Cn1ccc2c(C(=O)NC3C4CC5CC3CN(C5)C4)cccc21. The maximum Gasteiger partial charge on any atom is 0.252 e. The third-order valence-corrected chi connectivity index (χ3v) is 6.26. The third-order valence-electron chi connectivity index (χ3n) is 6.26. The van der Waals surface area contributed by atoms with Crippen molar-refractivity contribution < 1.29 is 4.79 Å². The van der Waals surface area contributed by atoms with Gasteiger partial charge in [0.25, 0.3) is 5.91 Å². The smallest absolute Gasteiger partial charge is 0.252 e. The highest BCUT2D eigenvalue weighted by atomic mass is 16.1. The van der Waals surface area contributed by atoms with Crippen molar-refractivity contribution >= 4 is 16.8 Å². The summed E-state index contributed by atoms with van der Waals surface area (Å²) in [6.07, 6.45) is 4.62. The number of amides is 1. The van der Waals surface area contributed by atoms with E-state index in [0.717, 1.165) is 22.4 Å². The largest absolute Gasteiger partial charge is 0.351 e. The van der Waals surface area contributed by atoms with Crippen LogP contribution in [0.25, 0.3) is 10.9 Å². The van der Waals surface area contributed by atoms with E-state index in [1.807, 2.05) is 31.4 Å². The molecule has 3 aliphatic heterocycles. The zero-order valence-electron chi connectivity index (χ0n) is 13.5. The van der Waals surface area contributed by atoms with Gasteiger partial charge in [0.15, 0.2) is 0 Å². The summed E-state index contributed by atoms with van der Waals surface area (Å²) in [6, 6.07) is 8.43. The molecule has 1 aromatic heterocycles. The second-order valence-electron chi connectivity index (χ2n) is 7.74. The van der Waals surface area contributed by atoms with E-state index in [1.165, 1.54) is 32.5 Å². The Kier molecular flexibility index (Phi) is 2.87. The number of aryl methyl sites for hydroxylation is 1. The molecule has 1 aliphatic carbocycles.